The van der Waals surface area contributed by atoms with Gasteiger partial charge in [0.2, 0.25) is 0 Å². The summed E-state index contributed by atoms with van der Waals surface area (Å²) in [4.78, 5) is 17.1. The third-order valence-electron chi connectivity index (χ3n) is 4.36. The van der Waals surface area contributed by atoms with Crippen molar-refractivity contribution in [3.05, 3.63) is 65.6 Å². The van der Waals surface area contributed by atoms with E-state index in [1.165, 1.54) is 0 Å². The number of pyridine rings is 1. The van der Waals surface area contributed by atoms with Crippen LogP contribution < -0.4 is 15.4 Å². The Morgan fingerprint density at radius 3 is 2.69 bits per heavy atom. The van der Waals surface area contributed by atoms with Crippen LogP contribution >= 0.6 is 24.8 Å². The van der Waals surface area contributed by atoms with Crippen molar-refractivity contribution in [1.29, 1.82) is 0 Å². The molecule has 8 heteroatoms. The number of hydrogen-bond acceptors (Lipinski definition) is 4. The maximum absolute atomic E-state index is 12.5. The summed E-state index contributed by atoms with van der Waals surface area (Å²) >= 11 is 0. The van der Waals surface area contributed by atoms with E-state index in [2.05, 4.69) is 15.6 Å². The summed E-state index contributed by atoms with van der Waals surface area (Å²) in [7, 11) is 0. The Labute approximate surface area is 183 Å². The lowest BCUT2D eigenvalue weighted by Gasteiger charge is -2.15. The Morgan fingerprint density at radius 1 is 1.21 bits per heavy atom. The number of ether oxygens (including phenoxy) is 1. The highest BCUT2D eigenvalue weighted by molar-refractivity contribution is 5.96. The molecule has 6 nitrogen and oxygen atoms in total. The van der Waals surface area contributed by atoms with Crippen molar-refractivity contribution in [3.8, 4) is 5.75 Å². The molecule has 3 aromatic rings. The molecule has 0 spiro atoms. The van der Waals surface area contributed by atoms with Crippen molar-refractivity contribution >= 4 is 36.4 Å². The summed E-state index contributed by atoms with van der Waals surface area (Å²) in [5.41, 5.74) is 3.37. The monoisotopic (exact) mass is 438 g/mol. The van der Waals surface area contributed by atoms with Crippen LogP contribution in [0.25, 0.3) is 5.65 Å². The molecule has 3 rings (SSSR count). The van der Waals surface area contributed by atoms with Gasteiger partial charge in [0, 0.05) is 25.0 Å². The lowest BCUT2D eigenvalue weighted by molar-refractivity contribution is 0.0945. The first kappa shape index (κ1) is 24.8. The van der Waals surface area contributed by atoms with Crippen LogP contribution in [-0.4, -0.2) is 34.4 Å². The number of carbonyl (C=O) groups is 1. The normalized spacial score (nSPS) is 11.3. The Bertz CT molecular complexity index is 930. The summed E-state index contributed by atoms with van der Waals surface area (Å²) < 4.78 is 7.90. The minimum absolute atomic E-state index is 0. The predicted molar refractivity (Wildman–Crippen MR) is 121 cm³/mol. The van der Waals surface area contributed by atoms with Gasteiger partial charge in [-0.25, -0.2) is 4.98 Å². The van der Waals surface area contributed by atoms with E-state index in [9.17, 15) is 4.79 Å². The number of benzene rings is 1. The fraction of sp³-hybridized carbons (Fsp3) is 0.333. The second-order valence-corrected chi connectivity index (χ2v) is 6.61. The number of carbonyl (C=O) groups excluding carboxylic acids is 1. The summed E-state index contributed by atoms with van der Waals surface area (Å²) in [6, 6.07) is 11.5. The molecule has 1 aromatic carbocycles. The molecule has 29 heavy (non-hydrogen) atoms. The summed E-state index contributed by atoms with van der Waals surface area (Å²) in [6.07, 6.45) is 3.91. The number of aromatic nitrogens is 2. The second-order valence-electron chi connectivity index (χ2n) is 6.61. The van der Waals surface area contributed by atoms with Crippen LogP contribution in [0.15, 0.2) is 48.8 Å². The minimum atomic E-state index is -0.138. The molecule has 0 saturated heterocycles. The number of nitrogens with zero attached hydrogens (tertiary/aromatic N) is 2. The van der Waals surface area contributed by atoms with Gasteiger partial charge in [-0.05, 0) is 44.2 Å². The number of halogens is 2. The smallest absolute Gasteiger partial charge is 0.255 e. The number of nitrogens with one attached hydrogen (secondary N) is 2. The average Bonchev–Trinajstić information content (AvgIpc) is 3.09. The van der Waals surface area contributed by atoms with E-state index in [-0.39, 0.29) is 36.8 Å². The Balaban J connectivity index is 0.00000210. The van der Waals surface area contributed by atoms with Gasteiger partial charge in [0.1, 0.15) is 18.0 Å². The topological polar surface area (TPSA) is 67.7 Å². The molecule has 2 aromatic heterocycles. The lowest BCUT2D eigenvalue weighted by atomic mass is 10.2. The zero-order valence-electron chi connectivity index (χ0n) is 16.8. The van der Waals surface area contributed by atoms with Gasteiger partial charge in [-0.15, -0.1) is 24.8 Å². The molecular weight excluding hydrogens is 411 g/mol. The maximum atomic E-state index is 12.5. The van der Waals surface area contributed by atoms with E-state index < -0.39 is 0 Å². The van der Waals surface area contributed by atoms with Crippen molar-refractivity contribution in [1.82, 2.24) is 20.0 Å². The van der Waals surface area contributed by atoms with Crippen LogP contribution in [0.3, 0.4) is 0 Å². The maximum Gasteiger partial charge on any atom is 0.255 e. The van der Waals surface area contributed by atoms with E-state index in [1.54, 1.807) is 6.07 Å². The molecule has 158 valence electrons. The Kier molecular flexibility index (Phi) is 9.95. The van der Waals surface area contributed by atoms with Crippen LogP contribution in [0.5, 0.6) is 5.75 Å². The fourth-order valence-electron chi connectivity index (χ4n) is 2.97. The van der Waals surface area contributed by atoms with Crippen LogP contribution in [0.1, 0.15) is 35.5 Å². The zero-order chi connectivity index (χ0) is 19.2. The number of amides is 1. The fourth-order valence-corrected chi connectivity index (χ4v) is 2.97. The molecule has 2 N–H and O–H groups in total. The van der Waals surface area contributed by atoms with Crippen LogP contribution in [0, 0.1) is 6.92 Å². The zero-order valence-corrected chi connectivity index (χ0v) is 18.5. The van der Waals surface area contributed by atoms with Gasteiger partial charge >= 0.3 is 0 Å². The second kappa shape index (κ2) is 11.7. The number of imidazole rings is 1. The third-order valence-corrected chi connectivity index (χ3v) is 4.36. The van der Waals surface area contributed by atoms with E-state index in [4.69, 9.17) is 4.74 Å². The van der Waals surface area contributed by atoms with E-state index in [0.717, 1.165) is 23.4 Å². The predicted octanol–water partition coefficient (Wildman–Crippen LogP) is 3.79. The number of likely N-dealkylation sites (N-methyl/N-ethyl adjacent to an activating group) is 1. The highest BCUT2D eigenvalue weighted by Crippen LogP contribution is 2.20. The first-order valence-electron chi connectivity index (χ1n) is 9.25. The SMILES string of the molecule is CCN[C@H](C)CNC(=O)c1ccccc1OCc1cn2cccc(C)c2n1.Cl.Cl. The highest BCUT2D eigenvalue weighted by atomic mass is 35.5. The average molecular weight is 439 g/mol. The van der Waals surface area contributed by atoms with E-state index >= 15 is 0 Å². The molecule has 1 atom stereocenters. The van der Waals surface area contributed by atoms with E-state index in [1.807, 2.05) is 67.9 Å². The van der Waals surface area contributed by atoms with Gasteiger partial charge in [0.15, 0.2) is 0 Å². The molecule has 0 fully saturated rings. The quantitative estimate of drug-likeness (QED) is 0.561. The first-order chi connectivity index (χ1) is 13.1. The van der Waals surface area contributed by atoms with Crippen molar-refractivity contribution in [3.63, 3.8) is 0 Å². The van der Waals surface area contributed by atoms with Crippen molar-refractivity contribution in [2.75, 3.05) is 13.1 Å². The van der Waals surface area contributed by atoms with Crippen LogP contribution in [0.4, 0.5) is 0 Å². The van der Waals surface area contributed by atoms with Gasteiger partial charge in [-0.1, -0.05) is 25.1 Å². The molecule has 0 aliphatic carbocycles. The van der Waals surface area contributed by atoms with Gasteiger partial charge in [0.25, 0.3) is 5.91 Å². The third kappa shape index (κ3) is 6.35. The number of rotatable bonds is 8. The van der Waals surface area contributed by atoms with Gasteiger partial charge < -0.3 is 19.8 Å². The Morgan fingerprint density at radius 2 is 1.97 bits per heavy atom. The molecule has 0 saturated carbocycles. The highest BCUT2D eigenvalue weighted by Gasteiger charge is 2.13. The minimum Gasteiger partial charge on any atom is -0.486 e. The van der Waals surface area contributed by atoms with Gasteiger partial charge in [-0.3, -0.25) is 4.79 Å². The van der Waals surface area contributed by atoms with Crippen LogP contribution in [-0.2, 0) is 6.61 Å². The lowest BCUT2D eigenvalue weighted by Crippen LogP contribution is -2.38. The number of aryl methyl sites for hydroxylation is 1. The van der Waals surface area contributed by atoms with Crippen molar-refractivity contribution < 1.29 is 9.53 Å². The first-order valence-corrected chi connectivity index (χ1v) is 9.25. The molecule has 0 unspecified atom stereocenters. The molecule has 1 amide bonds. The summed E-state index contributed by atoms with van der Waals surface area (Å²) in [5.74, 6) is 0.418. The largest absolute Gasteiger partial charge is 0.486 e. The molecule has 0 aliphatic heterocycles. The number of para-hydroxylation sites is 1. The summed E-state index contributed by atoms with van der Waals surface area (Å²) in [6.45, 7) is 7.85. The Hall–Kier alpha value is -2.28. The van der Waals surface area contributed by atoms with E-state index in [0.29, 0.717) is 24.5 Å². The van der Waals surface area contributed by atoms with Crippen LogP contribution in [0.2, 0.25) is 0 Å². The van der Waals surface area contributed by atoms with Gasteiger partial charge in [-0.2, -0.15) is 0 Å². The molecule has 0 radical (unpaired) electrons. The van der Waals surface area contributed by atoms with Crippen molar-refractivity contribution in [2.45, 2.75) is 33.4 Å². The van der Waals surface area contributed by atoms with Gasteiger partial charge in [0.05, 0.1) is 11.3 Å². The molecule has 0 aliphatic rings. The molecular formula is C21H28Cl2N4O2. The molecule has 0 bridgehead atoms. The number of hydrogen-bond donors (Lipinski definition) is 2. The number of fused-ring (bicyclic) bond motifs is 1. The standard InChI is InChI=1S/C21H26N4O2.2ClH/c1-4-22-16(3)12-23-21(26)18-9-5-6-10-19(18)27-14-17-13-25-11-7-8-15(2)20(25)24-17;;/h5-11,13,16,22H,4,12,14H2,1-3H3,(H,23,26);2*1H/t16-;;/m1../s1. The van der Waals surface area contributed by atoms with Crippen molar-refractivity contribution in [2.24, 2.45) is 0 Å². The molecule has 2 heterocycles. The summed E-state index contributed by atoms with van der Waals surface area (Å²) in [5, 5.41) is 6.22.